The summed E-state index contributed by atoms with van der Waals surface area (Å²) in [5.74, 6) is 2.44. The number of hydrogen-bond acceptors (Lipinski definition) is 4. The standard InChI is InChI=1S/C16H14FN3O/c1-18-15-8-12(19-16(20-15)9-2-3-9)14-7-10-6-11(17)4-5-13(10)21-14/h4-9H,2-3H2,1H3,(H,18,19,20). The third-order valence-corrected chi connectivity index (χ3v) is 3.67. The molecule has 1 aliphatic carbocycles. The predicted octanol–water partition coefficient (Wildman–Crippen LogP) is 3.95. The van der Waals surface area contributed by atoms with Gasteiger partial charge < -0.3 is 9.73 Å². The Labute approximate surface area is 121 Å². The number of hydrogen-bond donors (Lipinski definition) is 1. The lowest BCUT2D eigenvalue weighted by molar-refractivity contribution is 0.617. The van der Waals surface area contributed by atoms with E-state index in [9.17, 15) is 4.39 Å². The van der Waals surface area contributed by atoms with Gasteiger partial charge in [-0.05, 0) is 37.1 Å². The summed E-state index contributed by atoms with van der Waals surface area (Å²) in [5.41, 5.74) is 1.39. The van der Waals surface area contributed by atoms with Crippen molar-refractivity contribution in [2.75, 3.05) is 12.4 Å². The highest BCUT2D eigenvalue weighted by Gasteiger charge is 2.27. The number of nitrogens with one attached hydrogen (secondary N) is 1. The van der Waals surface area contributed by atoms with E-state index < -0.39 is 0 Å². The third kappa shape index (κ3) is 2.24. The summed E-state index contributed by atoms with van der Waals surface area (Å²) in [6.45, 7) is 0. The van der Waals surface area contributed by atoms with E-state index in [1.54, 1.807) is 6.07 Å². The number of benzene rings is 1. The van der Waals surface area contributed by atoms with E-state index in [0.717, 1.165) is 35.6 Å². The molecule has 0 unspecified atom stereocenters. The molecule has 0 saturated heterocycles. The van der Waals surface area contributed by atoms with Crippen LogP contribution in [-0.2, 0) is 0 Å². The maximum Gasteiger partial charge on any atom is 0.154 e. The number of furan rings is 1. The molecule has 4 rings (SSSR count). The molecule has 1 saturated carbocycles. The maximum absolute atomic E-state index is 13.3. The largest absolute Gasteiger partial charge is 0.454 e. The van der Waals surface area contributed by atoms with Gasteiger partial charge in [0.2, 0.25) is 0 Å². The molecule has 5 heteroatoms. The van der Waals surface area contributed by atoms with Crippen molar-refractivity contribution >= 4 is 16.8 Å². The normalized spacial score (nSPS) is 14.6. The summed E-state index contributed by atoms with van der Waals surface area (Å²) < 4.78 is 19.0. The van der Waals surface area contributed by atoms with Crippen LogP contribution in [0.5, 0.6) is 0 Å². The van der Waals surface area contributed by atoms with Crippen molar-refractivity contribution < 1.29 is 8.81 Å². The lowest BCUT2D eigenvalue weighted by Crippen LogP contribution is -2.00. The maximum atomic E-state index is 13.3. The summed E-state index contributed by atoms with van der Waals surface area (Å²) in [6.07, 6.45) is 2.27. The first-order valence-electron chi connectivity index (χ1n) is 6.99. The topological polar surface area (TPSA) is 51.0 Å². The molecule has 2 heterocycles. The van der Waals surface area contributed by atoms with Crippen molar-refractivity contribution in [3.05, 3.63) is 42.0 Å². The third-order valence-electron chi connectivity index (χ3n) is 3.67. The number of fused-ring (bicyclic) bond motifs is 1. The first-order chi connectivity index (χ1) is 10.2. The molecule has 0 amide bonds. The van der Waals surface area contributed by atoms with E-state index in [1.165, 1.54) is 12.1 Å². The zero-order chi connectivity index (χ0) is 14.4. The van der Waals surface area contributed by atoms with E-state index >= 15 is 0 Å². The van der Waals surface area contributed by atoms with Gasteiger partial charge in [0.05, 0.1) is 0 Å². The number of anilines is 1. The van der Waals surface area contributed by atoms with Crippen molar-refractivity contribution in [2.45, 2.75) is 18.8 Å². The number of halogens is 1. The van der Waals surface area contributed by atoms with Crippen LogP contribution >= 0.6 is 0 Å². The van der Waals surface area contributed by atoms with Gasteiger partial charge in [0.25, 0.3) is 0 Å². The second-order valence-corrected chi connectivity index (χ2v) is 5.31. The molecule has 2 aromatic heterocycles. The highest BCUT2D eigenvalue weighted by Crippen LogP contribution is 2.39. The van der Waals surface area contributed by atoms with Crippen LogP contribution < -0.4 is 5.32 Å². The quantitative estimate of drug-likeness (QED) is 0.790. The van der Waals surface area contributed by atoms with Crippen LogP contribution in [0.4, 0.5) is 10.2 Å². The van der Waals surface area contributed by atoms with Gasteiger partial charge in [-0.2, -0.15) is 0 Å². The lowest BCUT2D eigenvalue weighted by atomic mass is 10.2. The van der Waals surface area contributed by atoms with Crippen LogP contribution in [-0.4, -0.2) is 17.0 Å². The molecule has 0 aliphatic heterocycles. The molecule has 106 valence electrons. The molecule has 1 fully saturated rings. The Morgan fingerprint density at radius 2 is 2.05 bits per heavy atom. The van der Waals surface area contributed by atoms with Gasteiger partial charge in [-0.15, -0.1) is 0 Å². The average Bonchev–Trinajstić information content (AvgIpc) is 3.26. The van der Waals surface area contributed by atoms with Gasteiger partial charge in [0, 0.05) is 24.4 Å². The lowest BCUT2D eigenvalue weighted by Gasteiger charge is -2.05. The zero-order valence-electron chi connectivity index (χ0n) is 11.6. The summed E-state index contributed by atoms with van der Waals surface area (Å²) in [7, 11) is 1.83. The molecule has 0 radical (unpaired) electrons. The van der Waals surface area contributed by atoms with Crippen LogP contribution in [0.3, 0.4) is 0 Å². The van der Waals surface area contributed by atoms with Gasteiger partial charge in [0.15, 0.2) is 5.76 Å². The minimum absolute atomic E-state index is 0.271. The Morgan fingerprint density at radius 3 is 2.81 bits per heavy atom. The van der Waals surface area contributed by atoms with Gasteiger partial charge in [0.1, 0.15) is 28.7 Å². The number of rotatable bonds is 3. The van der Waals surface area contributed by atoms with Gasteiger partial charge in [-0.25, -0.2) is 14.4 Å². The average molecular weight is 283 g/mol. The van der Waals surface area contributed by atoms with Crippen molar-refractivity contribution in [2.24, 2.45) is 0 Å². The van der Waals surface area contributed by atoms with Crippen molar-refractivity contribution in [3.8, 4) is 11.5 Å². The predicted molar refractivity (Wildman–Crippen MR) is 78.7 cm³/mol. The van der Waals surface area contributed by atoms with Crippen LogP contribution in [0.25, 0.3) is 22.4 Å². The highest BCUT2D eigenvalue weighted by atomic mass is 19.1. The van der Waals surface area contributed by atoms with E-state index in [4.69, 9.17) is 4.42 Å². The molecular weight excluding hydrogens is 269 g/mol. The zero-order valence-corrected chi connectivity index (χ0v) is 11.6. The molecule has 1 aromatic carbocycles. The molecule has 4 nitrogen and oxygen atoms in total. The van der Waals surface area contributed by atoms with Crippen LogP contribution in [0.2, 0.25) is 0 Å². The van der Waals surface area contributed by atoms with Gasteiger partial charge in [-0.1, -0.05) is 0 Å². The SMILES string of the molecule is CNc1cc(-c2cc3cc(F)ccc3o2)nc(C2CC2)n1. The molecule has 0 spiro atoms. The molecule has 21 heavy (non-hydrogen) atoms. The van der Waals surface area contributed by atoms with Gasteiger partial charge in [-0.3, -0.25) is 0 Å². The Morgan fingerprint density at radius 1 is 1.19 bits per heavy atom. The van der Waals surface area contributed by atoms with Gasteiger partial charge >= 0.3 is 0 Å². The number of aromatic nitrogens is 2. The Bertz CT molecular complexity index is 824. The first-order valence-corrected chi connectivity index (χ1v) is 6.99. The van der Waals surface area contributed by atoms with E-state index in [1.807, 2.05) is 19.2 Å². The van der Waals surface area contributed by atoms with Crippen LogP contribution in [0.1, 0.15) is 24.6 Å². The Hall–Kier alpha value is -2.43. The smallest absolute Gasteiger partial charge is 0.154 e. The van der Waals surface area contributed by atoms with Crippen LogP contribution in [0.15, 0.2) is 34.7 Å². The highest BCUT2D eigenvalue weighted by molar-refractivity contribution is 5.82. The fraction of sp³-hybridized carbons (Fsp3) is 0.250. The first kappa shape index (κ1) is 12.3. The number of nitrogens with zero attached hydrogens (tertiary/aromatic N) is 2. The molecule has 1 aliphatic rings. The van der Waals surface area contributed by atoms with Crippen molar-refractivity contribution in [1.82, 2.24) is 9.97 Å². The summed E-state index contributed by atoms with van der Waals surface area (Å²) in [4.78, 5) is 9.08. The van der Waals surface area contributed by atoms with Crippen LogP contribution in [0, 0.1) is 5.82 Å². The molecule has 0 bridgehead atoms. The van der Waals surface area contributed by atoms with E-state index in [-0.39, 0.29) is 5.82 Å². The fourth-order valence-electron chi connectivity index (χ4n) is 2.38. The second-order valence-electron chi connectivity index (χ2n) is 5.31. The van der Waals surface area contributed by atoms with E-state index in [0.29, 0.717) is 17.3 Å². The molecule has 1 N–H and O–H groups in total. The minimum atomic E-state index is -0.271. The van der Waals surface area contributed by atoms with Crippen molar-refractivity contribution in [1.29, 1.82) is 0 Å². The molecular formula is C16H14FN3O. The summed E-state index contributed by atoms with van der Waals surface area (Å²) in [6, 6.07) is 8.15. The Balaban J connectivity index is 1.84. The van der Waals surface area contributed by atoms with E-state index in [2.05, 4.69) is 15.3 Å². The summed E-state index contributed by atoms with van der Waals surface area (Å²) in [5, 5.41) is 3.79. The Kier molecular flexibility index (Phi) is 2.67. The monoisotopic (exact) mass is 283 g/mol. The fourth-order valence-corrected chi connectivity index (χ4v) is 2.38. The minimum Gasteiger partial charge on any atom is -0.454 e. The summed E-state index contributed by atoms with van der Waals surface area (Å²) >= 11 is 0. The van der Waals surface area contributed by atoms with Crippen molar-refractivity contribution in [3.63, 3.8) is 0 Å². The molecule has 0 atom stereocenters. The second kappa shape index (κ2) is 4.55. The molecule has 3 aromatic rings.